The molecule has 0 amide bonds. The van der Waals surface area contributed by atoms with E-state index in [9.17, 15) is 0 Å². The van der Waals surface area contributed by atoms with Crippen LogP contribution in [0.5, 0.6) is 0 Å². The van der Waals surface area contributed by atoms with E-state index in [1.165, 1.54) is 58.2 Å². The average Bonchev–Trinajstić information content (AvgIpc) is 2.33. The fourth-order valence-electron chi connectivity index (χ4n) is 3.18. The molecule has 3 heteroatoms. The third-order valence-electron chi connectivity index (χ3n) is 4.49. The SMILES string of the molecule is CCOC1CC(NCCCN2CCCCC2C)C1. The highest BCUT2D eigenvalue weighted by molar-refractivity contribution is 4.86. The molecule has 18 heavy (non-hydrogen) atoms. The third kappa shape index (κ3) is 4.22. The number of piperidine rings is 1. The van der Waals surface area contributed by atoms with Crippen molar-refractivity contribution in [2.75, 3.05) is 26.2 Å². The largest absolute Gasteiger partial charge is 0.378 e. The molecule has 0 spiro atoms. The number of ether oxygens (including phenoxy) is 1. The topological polar surface area (TPSA) is 24.5 Å². The van der Waals surface area contributed by atoms with Crippen molar-refractivity contribution < 1.29 is 4.74 Å². The lowest BCUT2D eigenvalue weighted by Gasteiger charge is -2.36. The molecule has 1 unspecified atom stereocenters. The van der Waals surface area contributed by atoms with Crippen LogP contribution in [-0.2, 0) is 4.74 Å². The van der Waals surface area contributed by atoms with Crippen LogP contribution >= 0.6 is 0 Å². The molecular weight excluding hydrogens is 224 g/mol. The lowest BCUT2D eigenvalue weighted by atomic mass is 9.89. The molecule has 106 valence electrons. The van der Waals surface area contributed by atoms with E-state index < -0.39 is 0 Å². The summed E-state index contributed by atoms with van der Waals surface area (Å²) in [6, 6.07) is 1.53. The van der Waals surface area contributed by atoms with E-state index in [0.29, 0.717) is 6.10 Å². The molecule has 0 aromatic heterocycles. The first-order chi connectivity index (χ1) is 8.79. The van der Waals surface area contributed by atoms with Crippen molar-refractivity contribution in [3.63, 3.8) is 0 Å². The molecule has 0 bridgehead atoms. The number of likely N-dealkylation sites (tertiary alicyclic amines) is 1. The molecule has 3 nitrogen and oxygen atoms in total. The van der Waals surface area contributed by atoms with Crippen LogP contribution < -0.4 is 5.32 Å². The van der Waals surface area contributed by atoms with Gasteiger partial charge in [0.25, 0.3) is 0 Å². The van der Waals surface area contributed by atoms with Crippen molar-refractivity contribution in [3.05, 3.63) is 0 Å². The zero-order valence-corrected chi connectivity index (χ0v) is 12.2. The van der Waals surface area contributed by atoms with Gasteiger partial charge < -0.3 is 15.0 Å². The Labute approximate surface area is 112 Å². The molecule has 2 aliphatic rings. The maximum absolute atomic E-state index is 5.58. The van der Waals surface area contributed by atoms with Crippen molar-refractivity contribution in [1.82, 2.24) is 10.2 Å². The van der Waals surface area contributed by atoms with Crippen LogP contribution in [0.25, 0.3) is 0 Å². The van der Waals surface area contributed by atoms with Crippen LogP contribution in [0.1, 0.15) is 52.4 Å². The first-order valence-corrected chi connectivity index (χ1v) is 7.88. The van der Waals surface area contributed by atoms with Gasteiger partial charge in [0, 0.05) is 18.7 Å². The van der Waals surface area contributed by atoms with Gasteiger partial charge >= 0.3 is 0 Å². The van der Waals surface area contributed by atoms with E-state index in [4.69, 9.17) is 4.74 Å². The van der Waals surface area contributed by atoms with Crippen LogP contribution in [0, 0.1) is 0 Å². The van der Waals surface area contributed by atoms with Gasteiger partial charge in [-0.15, -0.1) is 0 Å². The summed E-state index contributed by atoms with van der Waals surface area (Å²) in [6.07, 6.45) is 8.48. The number of rotatable bonds is 7. The summed E-state index contributed by atoms with van der Waals surface area (Å²) in [5, 5.41) is 3.66. The Hall–Kier alpha value is -0.120. The van der Waals surface area contributed by atoms with Crippen LogP contribution in [-0.4, -0.2) is 49.3 Å². The molecule has 1 saturated heterocycles. The van der Waals surface area contributed by atoms with Crippen LogP contribution in [0.2, 0.25) is 0 Å². The molecule has 2 rings (SSSR count). The molecule has 2 fully saturated rings. The van der Waals surface area contributed by atoms with Gasteiger partial charge in [0.05, 0.1) is 6.10 Å². The molecule has 1 aliphatic carbocycles. The average molecular weight is 254 g/mol. The minimum absolute atomic E-state index is 0.537. The summed E-state index contributed by atoms with van der Waals surface area (Å²) in [4.78, 5) is 2.66. The first kappa shape index (κ1) is 14.3. The maximum atomic E-state index is 5.58. The molecule has 1 heterocycles. The van der Waals surface area contributed by atoms with Crippen molar-refractivity contribution in [3.8, 4) is 0 Å². The van der Waals surface area contributed by atoms with Gasteiger partial charge in [0.1, 0.15) is 0 Å². The molecule has 1 aliphatic heterocycles. The second kappa shape index (κ2) is 7.46. The normalized spacial score (nSPS) is 33.3. The molecule has 0 radical (unpaired) electrons. The zero-order valence-electron chi connectivity index (χ0n) is 12.2. The number of hydrogen-bond acceptors (Lipinski definition) is 3. The highest BCUT2D eigenvalue weighted by atomic mass is 16.5. The fraction of sp³-hybridized carbons (Fsp3) is 1.00. The molecular formula is C15H30N2O. The Bertz CT molecular complexity index is 229. The van der Waals surface area contributed by atoms with Crippen molar-refractivity contribution in [1.29, 1.82) is 0 Å². The van der Waals surface area contributed by atoms with Crippen molar-refractivity contribution >= 4 is 0 Å². The molecule has 1 N–H and O–H groups in total. The first-order valence-electron chi connectivity index (χ1n) is 7.88. The van der Waals surface area contributed by atoms with Gasteiger partial charge in [-0.2, -0.15) is 0 Å². The van der Waals surface area contributed by atoms with Crippen LogP contribution in [0.15, 0.2) is 0 Å². The van der Waals surface area contributed by atoms with E-state index in [2.05, 4.69) is 24.1 Å². The maximum Gasteiger partial charge on any atom is 0.0604 e. The smallest absolute Gasteiger partial charge is 0.0604 e. The van der Waals surface area contributed by atoms with E-state index in [1.54, 1.807) is 0 Å². The predicted octanol–water partition coefficient (Wildman–Crippen LogP) is 2.41. The van der Waals surface area contributed by atoms with Crippen molar-refractivity contribution in [2.24, 2.45) is 0 Å². The van der Waals surface area contributed by atoms with Crippen molar-refractivity contribution in [2.45, 2.75) is 70.6 Å². The minimum Gasteiger partial charge on any atom is -0.378 e. The van der Waals surface area contributed by atoms with Gasteiger partial charge in [0.2, 0.25) is 0 Å². The Morgan fingerprint density at radius 3 is 2.83 bits per heavy atom. The number of hydrogen-bond donors (Lipinski definition) is 1. The second-order valence-electron chi connectivity index (χ2n) is 5.93. The Morgan fingerprint density at radius 2 is 2.11 bits per heavy atom. The number of nitrogens with zero attached hydrogens (tertiary/aromatic N) is 1. The molecule has 1 atom stereocenters. The van der Waals surface area contributed by atoms with Gasteiger partial charge in [-0.1, -0.05) is 6.42 Å². The van der Waals surface area contributed by atoms with Crippen LogP contribution in [0.3, 0.4) is 0 Å². The van der Waals surface area contributed by atoms with Gasteiger partial charge in [-0.05, 0) is 65.6 Å². The zero-order chi connectivity index (χ0) is 12.8. The lowest BCUT2D eigenvalue weighted by Crippen LogP contribution is -2.46. The predicted molar refractivity (Wildman–Crippen MR) is 75.9 cm³/mol. The second-order valence-corrected chi connectivity index (χ2v) is 5.93. The number of nitrogens with one attached hydrogen (secondary N) is 1. The summed E-state index contributed by atoms with van der Waals surface area (Å²) < 4.78 is 5.58. The quantitative estimate of drug-likeness (QED) is 0.706. The summed E-state index contributed by atoms with van der Waals surface area (Å²) >= 11 is 0. The minimum atomic E-state index is 0.537. The fourth-order valence-corrected chi connectivity index (χ4v) is 3.18. The van der Waals surface area contributed by atoms with Gasteiger partial charge in [0.15, 0.2) is 0 Å². The summed E-state index contributed by atoms with van der Waals surface area (Å²) in [5.41, 5.74) is 0. The lowest BCUT2D eigenvalue weighted by molar-refractivity contribution is -0.00992. The van der Waals surface area contributed by atoms with Gasteiger partial charge in [-0.25, -0.2) is 0 Å². The Balaban J connectivity index is 1.47. The summed E-state index contributed by atoms with van der Waals surface area (Å²) in [5.74, 6) is 0. The Morgan fingerprint density at radius 1 is 1.28 bits per heavy atom. The van der Waals surface area contributed by atoms with E-state index in [0.717, 1.165) is 18.7 Å². The van der Waals surface area contributed by atoms with Gasteiger partial charge in [-0.3, -0.25) is 0 Å². The molecule has 0 aromatic carbocycles. The Kier molecular flexibility index (Phi) is 5.93. The van der Waals surface area contributed by atoms with E-state index in [-0.39, 0.29) is 0 Å². The highest BCUT2D eigenvalue weighted by Gasteiger charge is 2.28. The standard InChI is InChI=1S/C15H30N2O/c1-3-18-15-11-14(12-15)16-8-6-10-17-9-5-4-7-13(17)2/h13-16H,3-12H2,1-2H3. The monoisotopic (exact) mass is 254 g/mol. The summed E-state index contributed by atoms with van der Waals surface area (Å²) in [7, 11) is 0. The molecule has 1 saturated carbocycles. The van der Waals surface area contributed by atoms with E-state index >= 15 is 0 Å². The molecule has 0 aromatic rings. The van der Waals surface area contributed by atoms with Crippen LogP contribution in [0.4, 0.5) is 0 Å². The van der Waals surface area contributed by atoms with E-state index in [1.807, 2.05) is 0 Å². The third-order valence-corrected chi connectivity index (χ3v) is 4.49. The highest BCUT2D eigenvalue weighted by Crippen LogP contribution is 2.23. The summed E-state index contributed by atoms with van der Waals surface area (Å²) in [6.45, 7) is 9.09.